The fourth-order valence-electron chi connectivity index (χ4n) is 1.09. The Bertz CT molecular complexity index is 405. The number of benzene rings is 1. The molecule has 0 bridgehead atoms. The van der Waals surface area contributed by atoms with Crippen molar-refractivity contribution in [3.05, 3.63) is 29.8 Å². The lowest BCUT2D eigenvalue weighted by Crippen LogP contribution is -2.46. The minimum Gasteiger partial charge on any atom is -0.497 e. The van der Waals surface area contributed by atoms with Crippen LogP contribution < -0.4 is 10.2 Å². The molecule has 0 atom stereocenters. The third kappa shape index (κ3) is 4.72. The molecule has 0 fully saturated rings. The molecule has 4 nitrogen and oxygen atoms in total. The highest BCUT2D eigenvalue weighted by atomic mass is 35.5. The van der Waals surface area contributed by atoms with Crippen LogP contribution in [-0.2, 0) is 0 Å². The van der Waals surface area contributed by atoms with Crippen LogP contribution in [0.15, 0.2) is 24.3 Å². The van der Waals surface area contributed by atoms with Crippen molar-refractivity contribution in [3.63, 3.8) is 0 Å². The van der Waals surface area contributed by atoms with E-state index in [9.17, 15) is 4.79 Å². The van der Waals surface area contributed by atoms with E-state index in [0.29, 0.717) is 11.3 Å². The number of methoxy groups -OCH3 is 1. The highest BCUT2D eigenvalue weighted by Gasteiger charge is 2.21. The van der Waals surface area contributed by atoms with Crippen molar-refractivity contribution in [1.82, 2.24) is 9.95 Å². The smallest absolute Gasteiger partial charge is 0.266 e. The molecule has 0 aliphatic heterocycles. The van der Waals surface area contributed by atoms with Crippen LogP contribution in [0.1, 0.15) is 31.1 Å². The number of carbonyl (C=O) groups excluding carboxylic acids is 1. The molecule has 1 aromatic carbocycles. The molecule has 0 radical (unpaired) electrons. The van der Waals surface area contributed by atoms with Crippen molar-refractivity contribution in [2.24, 2.45) is 0 Å². The average molecular weight is 293 g/mol. The summed E-state index contributed by atoms with van der Waals surface area (Å²) in [5.74, 6) is 0.364. The van der Waals surface area contributed by atoms with E-state index in [4.69, 9.17) is 16.5 Å². The molecule has 1 N–H and O–H groups in total. The van der Waals surface area contributed by atoms with Crippen LogP contribution in [0, 0.1) is 0 Å². The molecular formula is C12H18Cl2N2O2. The van der Waals surface area contributed by atoms with Crippen LogP contribution in [-0.4, -0.2) is 23.1 Å². The topological polar surface area (TPSA) is 41.6 Å². The molecule has 0 heterocycles. The number of ether oxygens (including phenoxy) is 1. The van der Waals surface area contributed by atoms with Crippen LogP contribution in [0.2, 0.25) is 0 Å². The number of nitrogens with zero attached hydrogens (tertiary/aromatic N) is 1. The maximum Gasteiger partial charge on any atom is 0.266 e. The Morgan fingerprint density at radius 3 is 2.50 bits per heavy atom. The number of nitrogens with one attached hydrogen (secondary N) is 1. The van der Waals surface area contributed by atoms with Gasteiger partial charge in [0, 0.05) is 22.9 Å². The normalized spacial score (nSPS) is 10.8. The first-order valence-corrected chi connectivity index (χ1v) is 5.59. The summed E-state index contributed by atoms with van der Waals surface area (Å²) in [5.41, 5.74) is 2.74. The van der Waals surface area contributed by atoms with Gasteiger partial charge in [0.25, 0.3) is 5.91 Å². The number of hydrazine groups is 1. The van der Waals surface area contributed by atoms with E-state index in [0.717, 1.165) is 0 Å². The molecule has 0 saturated heterocycles. The standard InChI is InChI=1S/C12H17ClN2O2.ClH/c1-12(2,3)15(13)14-11(16)9-6-5-7-10(8-9)17-4;/h5-8H,1-4H3,(H,14,16);1H. The van der Waals surface area contributed by atoms with Gasteiger partial charge in [-0.05, 0) is 39.0 Å². The molecule has 0 saturated carbocycles. The number of rotatable bonds is 3. The molecular weight excluding hydrogens is 275 g/mol. The van der Waals surface area contributed by atoms with Gasteiger partial charge < -0.3 is 4.74 Å². The van der Waals surface area contributed by atoms with Crippen molar-refractivity contribution in [2.75, 3.05) is 7.11 Å². The van der Waals surface area contributed by atoms with E-state index in [1.807, 2.05) is 20.8 Å². The van der Waals surface area contributed by atoms with Gasteiger partial charge in [-0.3, -0.25) is 10.2 Å². The van der Waals surface area contributed by atoms with E-state index < -0.39 is 0 Å². The van der Waals surface area contributed by atoms with Crippen molar-refractivity contribution < 1.29 is 9.53 Å². The monoisotopic (exact) mass is 292 g/mol. The molecule has 6 heteroatoms. The van der Waals surface area contributed by atoms with Gasteiger partial charge in [-0.25, -0.2) is 0 Å². The van der Waals surface area contributed by atoms with Gasteiger partial charge in [-0.1, -0.05) is 6.07 Å². The molecule has 18 heavy (non-hydrogen) atoms. The Balaban J connectivity index is 0.00000289. The van der Waals surface area contributed by atoms with Crippen LogP contribution in [0.25, 0.3) is 0 Å². The zero-order chi connectivity index (χ0) is 13.1. The second kappa shape index (κ2) is 6.83. The molecule has 0 unspecified atom stereocenters. The summed E-state index contributed by atoms with van der Waals surface area (Å²) in [6.07, 6.45) is 0. The van der Waals surface area contributed by atoms with Gasteiger partial charge >= 0.3 is 0 Å². The Kier molecular flexibility index (Phi) is 6.46. The second-order valence-electron chi connectivity index (χ2n) is 4.62. The Hall–Kier alpha value is -0.970. The summed E-state index contributed by atoms with van der Waals surface area (Å²) in [4.78, 5) is 11.9. The quantitative estimate of drug-likeness (QED) is 0.688. The maximum absolute atomic E-state index is 11.9. The number of halogens is 2. The second-order valence-corrected chi connectivity index (χ2v) is 4.96. The minimum absolute atomic E-state index is 0. The fourth-order valence-corrected chi connectivity index (χ4v) is 1.16. The van der Waals surface area contributed by atoms with Crippen LogP contribution >= 0.6 is 24.2 Å². The van der Waals surface area contributed by atoms with Crippen molar-refractivity contribution in [1.29, 1.82) is 0 Å². The Morgan fingerprint density at radius 1 is 1.39 bits per heavy atom. The third-order valence-electron chi connectivity index (χ3n) is 2.12. The predicted octanol–water partition coefficient (Wildman–Crippen LogP) is 3.02. The minimum atomic E-state index is -0.351. The van der Waals surface area contributed by atoms with Gasteiger partial charge in [0.1, 0.15) is 5.75 Å². The average Bonchev–Trinajstić information content (AvgIpc) is 2.27. The first-order chi connectivity index (χ1) is 7.84. The number of amides is 1. The summed E-state index contributed by atoms with van der Waals surface area (Å²) in [7, 11) is 1.56. The molecule has 102 valence electrons. The van der Waals surface area contributed by atoms with Gasteiger partial charge in [-0.15, -0.1) is 16.9 Å². The lowest BCUT2D eigenvalue weighted by molar-refractivity contribution is 0.0805. The van der Waals surface area contributed by atoms with Crippen LogP contribution in [0.4, 0.5) is 0 Å². The Labute approximate surface area is 119 Å². The third-order valence-corrected chi connectivity index (χ3v) is 2.71. The molecule has 0 spiro atoms. The van der Waals surface area contributed by atoms with Gasteiger partial charge in [0.05, 0.1) is 7.11 Å². The number of hydrogen-bond donors (Lipinski definition) is 1. The summed E-state index contributed by atoms with van der Waals surface area (Å²) >= 11 is 5.95. The Morgan fingerprint density at radius 2 is 2.00 bits per heavy atom. The van der Waals surface area contributed by atoms with E-state index in [1.165, 1.54) is 4.53 Å². The summed E-state index contributed by atoms with van der Waals surface area (Å²) in [6.45, 7) is 5.68. The van der Waals surface area contributed by atoms with Crippen molar-refractivity contribution in [2.45, 2.75) is 26.3 Å². The maximum atomic E-state index is 11.9. The van der Waals surface area contributed by atoms with Gasteiger partial charge in [0.2, 0.25) is 0 Å². The molecule has 1 aromatic rings. The largest absolute Gasteiger partial charge is 0.497 e. The fraction of sp³-hybridized carbons (Fsp3) is 0.417. The molecule has 0 aliphatic carbocycles. The summed E-state index contributed by atoms with van der Waals surface area (Å²) < 4.78 is 6.31. The van der Waals surface area contributed by atoms with E-state index in [-0.39, 0.29) is 23.9 Å². The lowest BCUT2D eigenvalue weighted by Gasteiger charge is -2.28. The SMILES string of the molecule is COc1cccc(C(=O)NN(Cl)C(C)(C)C)c1.Cl. The first-order valence-electron chi connectivity index (χ1n) is 5.25. The van der Waals surface area contributed by atoms with Crippen LogP contribution in [0.3, 0.4) is 0 Å². The van der Waals surface area contributed by atoms with E-state index in [2.05, 4.69) is 5.43 Å². The molecule has 0 aliphatic rings. The van der Waals surface area contributed by atoms with Crippen molar-refractivity contribution >= 4 is 30.1 Å². The summed E-state index contributed by atoms with van der Waals surface area (Å²) in [6, 6.07) is 6.89. The van der Waals surface area contributed by atoms with E-state index in [1.54, 1.807) is 31.4 Å². The first kappa shape index (κ1) is 17.0. The highest BCUT2D eigenvalue weighted by Crippen LogP contribution is 2.15. The van der Waals surface area contributed by atoms with E-state index >= 15 is 0 Å². The lowest BCUT2D eigenvalue weighted by atomic mass is 10.1. The molecule has 1 rings (SSSR count). The zero-order valence-electron chi connectivity index (χ0n) is 10.9. The predicted molar refractivity (Wildman–Crippen MR) is 75.2 cm³/mol. The number of carbonyl (C=O) groups is 1. The van der Waals surface area contributed by atoms with Crippen LogP contribution in [0.5, 0.6) is 5.75 Å². The van der Waals surface area contributed by atoms with Gasteiger partial charge in [-0.2, -0.15) is 0 Å². The van der Waals surface area contributed by atoms with Crippen molar-refractivity contribution in [3.8, 4) is 5.75 Å². The highest BCUT2D eigenvalue weighted by molar-refractivity contribution is 6.14. The molecule has 1 amide bonds. The number of hydrogen-bond acceptors (Lipinski definition) is 3. The molecule has 0 aromatic heterocycles. The van der Waals surface area contributed by atoms with Gasteiger partial charge in [0.15, 0.2) is 0 Å². The summed E-state index contributed by atoms with van der Waals surface area (Å²) in [5, 5.41) is 0. The zero-order valence-corrected chi connectivity index (χ0v) is 12.4.